The van der Waals surface area contributed by atoms with Crippen LogP contribution in [0, 0.1) is 22.7 Å². The molecular weight excluding hydrogens is 847 g/mol. The van der Waals surface area contributed by atoms with Gasteiger partial charge >= 0.3 is 308 Å². The predicted molar refractivity (Wildman–Crippen MR) is 192 cm³/mol. The van der Waals surface area contributed by atoms with Gasteiger partial charge in [0, 0.05) is 0 Å². The van der Waals surface area contributed by atoms with Gasteiger partial charge in [-0.05, 0) is 0 Å². The van der Waals surface area contributed by atoms with Crippen molar-refractivity contribution in [2.75, 3.05) is 5.75 Å². The van der Waals surface area contributed by atoms with Crippen molar-refractivity contribution in [2.24, 2.45) is 22.7 Å². The topological polar surface area (TPSA) is 72.9 Å². The van der Waals surface area contributed by atoms with Crippen LogP contribution in [0.2, 0.25) is 8.46 Å². The number of hydrogen-bond acceptors (Lipinski definition) is 5. The van der Waals surface area contributed by atoms with E-state index >= 15 is 0 Å². The molecule has 260 valence electrons. The third-order valence-electron chi connectivity index (χ3n) is 13.1. The van der Waals surface area contributed by atoms with Crippen LogP contribution in [-0.2, 0) is 47.3 Å². The normalized spacial score (nSPS) is 30.9. The van der Waals surface area contributed by atoms with Crippen molar-refractivity contribution >= 4 is 42.9 Å². The van der Waals surface area contributed by atoms with E-state index < -0.39 is 47.6 Å². The van der Waals surface area contributed by atoms with Gasteiger partial charge in [-0.3, -0.25) is 0 Å². The minimum atomic E-state index is -3.67. The summed E-state index contributed by atoms with van der Waals surface area (Å²) in [5, 5.41) is 2.36. The summed E-state index contributed by atoms with van der Waals surface area (Å²) in [6.45, 7) is 15.5. The van der Waals surface area contributed by atoms with Gasteiger partial charge in [-0.1, -0.05) is 0 Å². The van der Waals surface area contributed by atoms with Gasteiger partial charge in [0.25, 0.3) is 0 Å². The molecule has 6 rings (SSSR count). The number of carbonyl (C=O) groups excluding carboxylic acids is 1. The second-order valence-electron chi connectivity index (χ2n) is 16.8. The van der Waals surface area contributed by atoms with E-state index in [1.165, 1.54) is 14.7 Å². The van der Waals surface area contributed by atoms with Crippen molar-refractivity contribution < 1.29 is 45.7 Å². The maximum absolute atomic E-state index is 14.2. The summed E-state index contributed by atoms with van der Waals surface area (Å²) in [5.74, 6) is -0.231. The Morgan fingerprint density at radius 3 is 2.15 bits per heavy atom. The number of halogens is 1. The van der Waals surface area contributed by atoms with Crippen LogP contribution in [0.1, 0.15) is 93.4 Å². The third kappa shape index (κ3) is 5.92. The summed E-state index contributed by atoms with van der Waals surface area (Å²) >= 11 is -2.02. The van der Waals surface area contributed by atoms with Gasteiger partial charge in [-0.25, -0.2) is 0 Å². The summed E-state index contributed by atoms with van der Waals surface area (Å²) in [7, 11) is 0.607. The van der Waals surface area contributed by atoms with E-state index in [1.807, 2.05) is 6.92 Å². The van der Waals surface area contributed by atoms with Crippen molar-refractivity contribution in [1.82, 2.24) is 4.31 Å². The van der Waals surface area contributed by atoms with Gasteiger partial charge in [0.05, 0.1) is 0 Å². The monoisotopic (exact) mass is 901 g/mol. The second kappa shape index (κ2) is 13.6. The minimum absolute atomic E-state index is 0.0506. The molecule has 2 saturated carbocycles. The Morgan fingerprint density at radius 2 is 1.62 bits per heavy atom. The molecule has 2 aliphatic carbocycles. The number of carbonyl (C=O) groups is 1. The molecule has 8 atom stereocenters. The van der Waals surface area contributed by atoms with Crippen molar-refractivity contribution in [3.63, 3.8) is 0 Å². The first-order valence-corrected chi connectivity index (χ1v) is 31.7. The molecular formula is C38H54ClHgNO5SSi. The number of ether oxygens (including phenoxy) is 1. The first-order valence-electron chi connectivity index (χ1n) is 18.2. The van der Waals surface area contributed by atoms with E-state index in [2.05, 4.69) is 102 Å². The summed E-state index contributed by atoms with van der Waals surface area (Å²) < 4.78 is 43.4. The molecule has 0 N–H and O–H groups in total. The summed E-state index contributed by atoms with van der Waals surface area (Å²) in [5.41, 5.74) is -0.395. The Morgan fingerprint density at radius 1 is 1.04 bits per heavy atom. The molecule has 0 unspecified atom stereocenters. The Bertz CT molecular complexity index is 1530. The van der Waals surface area contributed by atoms with Crippen molar-refractivity contribution in [2.45, 2.75) is 126 Å². The number of fused-ring (bicyclic) bond motifs is 1. The molecule has 2 aromatic carbocycles. The van der Waals surface area contributed by atoms with Gasteiger partial charge in [0.1, 0.15) is 0 Å². The Balaban J connectivity index is 1.25. The van der Waals surface area contributed by atoms with Crippen molar-refractivity contribution in [3.8, 4) is 0 Å². The second-order valence-corrected chi connectivity index (χ2v) is 30.4. The molecule has 1 amide bonds. The molecule has 6 nitrogen and oxygen atoms in total. The maximum atomic E-state index is 14.2. The number of nitrogens with zero attached hydrogens (tertiary/aromatic N) is 1. The molecule has 2 aliphatic heterocycles. The van der Waals surface area contributed by atoms with Crippen LogP contribution < -0.4 is 10.4 Å². The Labute approximate surface area is 306 Å². The molecule has 4 fully saturated rings. The Kier molecular flexibility index (Phi) is 10.5. The number of hydrogen-bond donors (Lipinski definition) is 0. The molecule has 2 heterocycles. The first-order chi connectivity index (χ1) is 22.6. The molecule has 10 heteroatoms. The molecule has 2 aromatic rings. The van der Waals surface area contributed by atoms with E-state index in [1.54, 1.807) is 0 Å². The quantitative estimate of drug-likeness (QED) is 0.222. The van der Waals surface area contributed by atoms with Gasteiger partial charge in [0.2, 0.25) is 0 Å². The first kappa shape index (κ1) is 37.0. The van der Waals surface area contributed by atoms with Gasteiger partial charge < -0.3 is 0 Å². The van der Waals surface area contributed by atoms with Gasteiger partial charge in [0.15, 0.2) is 0 Å². The van der Waals surface area contributed by atoms with E-state index in [-0.39, 0.29) is 55.3 Å². The van der Waals surface area contributed by atoms with Crippen LogP contribution in [0.3, 0.4) is 0 Å². The van der Waals surface area contributed by atoms with Gasteiger partial charge in [-0.2, -0.15) is 0 Å². The molecule has 2 saturated heterocycles. The van der Waals surface area contributed by atoms with Crippen LogP contribution in [0.15, 0.2) is 60.7 Å². The zero-order valence-electron chi connectivity index (χ0n) is 30.0. The van der Waals surface area contributed by atoms with Gasteiger partial charge in [-0.15, -0.1) is 0 Å². The van der Waals surface area contributed by atoms with Crippen LogP contribution >= 0.6 is 8.25 Å². The molecule has 0 aromatic heterocycles. The zero-order valence-corrected chi connectivity index (χ0v) is 38.0. The number of sulfonamides is 1. The molecule has 1 spiro atoms. The van der Waals surface area contributed by atoms with E-state index in [9.17, 15) is 13.2 Å². The number of amides is 1. The van der Waals surface area contributed by atoms with E-state index in [0.29, 0.717) is 5.92 Å². The average molecular weight is 901 g/mol. The van der Waals surface area contributed by atoms with Crippen molar-refractivity contribution in [1.29, 1.82) is 0 Å². The van der Waals surface area contributed by atoms with Crippen molar-refractivity contribution in [3.05, 3.63) is 60.7 Å². The summed E-state index contributed by atoms with van der Waals surface area (Å²) in [6.07, 6.45) is 5.71. The fraction of sp³-hybridized carbons (Fsp3) is 0.658. The molecule has 2 bridgehead atoms. The summed E-state index contributed by atoms with van der Waals surface area (Å²) in [6, 6.07) is 21.3. The molecule has 0 radical (unpaired) electrons. The van der Waals surface area contributed by atoms with E-state index in [4.69, 9.17) is 17.4 Å². The SMILES string of the molecule is CCC[C@@H](O[Si](c1ccccc1)(c1ccccc1)C(C)(C)C)[C@H]([Hg][Cl])[C@@H]1CC[C@H]([C@H](C)C(=O)N2[C@H]3C[C@@H]4CC[C@@]3(CS2(=O)=O)C4(C)C)O1. The fourth-order valence-electron chi connectivity index (χ4n) is 10.3. The fourth-order valence-corrected chi connectivity index (χ4v) is 26.1. The van der Waals surface area contributed by atoms with E-state index in [0.717, 1.165) is 44.9 Å². The zero-order chi connectivity index (χ0) is 34.7. The standard InChI is InChI=1S/C38H54NO5SSi.ClH.Hg/c1-8-15-30(44-46(36(3,4)5,31-16-11-9-12-17-31)32-18-13-10-14-19-32)25-29-20-21-33(43-29)27(2)35(40)39-34-24-28-22-23-38(34,37(28,6)7)26-45(39,41)42;;/h9-14,16-19,25,27-30,33-34H,8,15,20-24,26H2,1-7H3;1H;/q;;+1/p-1/t27-,28-,29-,30+,33+,34-,38-;;/m0../s1. The van der Waals surface area contributed by atoms with Crippen LogP contribution in [0.4, 0.5) is 0 Å². The Hall–Kier alpha value is -0.778. The third-order valence-corrected chi connectivity index (χ3v) is 28.7. The average Bonchev–Trinajstić information content (AvgIpc) is 3.74. The number of rotatable bonds is 11. The number of benzene rings is 2. The molecule has 4 aliphatic rings. The van der Waals surface area contributed by atoms with Crippen LogP contribution in [-0.4, -0.2) is 57.1 Å². The van der Waals surface area contributed by atoms with Crippen LogP contribution in [0.5, 0.6) is 0 Å². The van der Waals surface area contributed by atoms with Crippen LogP contribution in [0.25, 0.3) is 0 Å². The molecule has 48 heavy (non-hydrogen) atoms. The predicted octanol–water partition coefficient (Wildman–Crippen LogP) is 7.31. The summed E-state index contributed by atoms with van der Waals surface area (Å²) in [4.78, 5) is 14.2.